The number of rotatable bonds is 1. The van der Waals surface area contributed by atoms with Crippen molar-refractivity contribution in [2.45, 2.75) is 27.7 Å². The first-order valence-corrected chi connectivity index (χ1v) is 4.76. The molecule has 0 saturated heterocycles. The van der Waals surface area contributed by atoms with Gasteiger partial charge in [-0.15, -0.1) is 11.3 Å². The molecular formula is C8H14N2OS. The second-order valence-electron chi connectivity index (χ2n) is 1.98. The smallest absolute Gasteiger partial charge is 0.223 e. The molecule has 1 aromatic heterocycles. The summed E-state index contributed by atoms with van der Waals surface area (Å²) in [7, 11) is 0. The van der Waals surface area contributed by atoms with E-state index >= 15 is 0 Å². The predicted octanol–water partition coefficient (Wildman–Crippen LogP) is 2.44. The molecule has 0 saturated carbocycles. The molecule has 1 amide bonds. The molecule has 0 aliphatic rings. The van der Waals surface area contributed by atoms with Crippen molar-refractivity contribution in [3.63, 3.8) is 0 Å². The Morgan fingerprint density at radius 2 is 2.17 bits per heavy atom. The fourth-order valence-electron chi connectivity index (χ4n) is 0.562. The molecule has 68 valence electrons. The second-order valence-corrected chi connectivity index (χ2v) is 2.83. The van der Waals surface area contributed by atoms with Gasteiger partial charge in [-0.25, -0.2) is 4.98 Å². The highest BCUT2D eigenvalue weighted by Crippen LogP contribution is 2.13. The van der Waals surface area contributed by atoms with Crippen molar-refractivity contribution in [3.8, 4) is 0 Å². The van der Waals surface area contributed by atoms with Crippen molar-refractivity contribution in [1.29, 1.82) is 0 Å². The molecule has 1 rings (SSSR count). The lowest BCUT2D eigenvalue weighted by Crippen LogP contribution is -2.04. The quantitative estimate of drug-likeness (QED) is 0.732. The van der Waals surface area contributed by atoms with Gasteiger partial charge in [0.15, 0.2) is 5.13 Å². The van der Waals surface area contributed by atoms with Gasteiger partial charge in [0.1, 0.15) is 0 Å². The van der Waals surface area contributed by atoms with Crippen LogP contribution in [0.2, 0.25) is 0 Å². The predicted molar refractivity (Wildman–Crippen MR) is 52.5 cm³/mol. The lowest BCUT2D eigenvalue weighted by molar-refractivity contribution is -0.114. The summed E-state index contributed by atoms with van der Waals surface area (Å²) in [6.45, 7) is 7.36. The van der Waals surface area contributed by atoms with Crippen LogP contribution in [-0.4, -0.2) is 10.9 Å². The molecule has 0 unspecified atom stereocenters. The first-order valence-electron chi connectivity index (χ1n) is 3.88. The molecule has 0 fully saturated rings. The average Bonchev–Trinajstić information content (AvgIpc) is 2.39. The molecule has 1 aromatic rings. The third-order valence-corrected chi connectivity index (χ3v) is 1.78. The lowest BCUT2D eigenvalue weighted by atomic mass is 10.6. The number of amides is 1. The van der Waals surface area contributed by atoms with Gasteiger partial charge in [0.05, 0.1) is 5.69 Å². The summed E-state index contributed by atoms with van der Waals surface area (Å²) >= 11 is 1.43. The number of hydrogen-bond donors (Lipinski definition) is 1. The molecule has 0 bridgehead atoms. The van der Waals surface area contributed by atoms with E-state index in [2.05, 4.69) is 10.3 Å². The monoisotopic (exact) mass is 186 g/mol. The van der Waals surface area contributed by atoms with Gasteiger partial charge >= 0.3 is 0 Å². The first kappa shape index (κ1) is 11.1. The Hall–Kier alpha value is -0.900. The number of carbonyl (C=O) groups is 1. The number of aryl methyl sites for hydroxylation is 1. The highest BCUT2D eigenvalue weighted by Gasteiger charge is 1.97. The van der Waals surface area contributed by atoms with Crippen LogP contribution in [0.25, 0.3) is 0 Å². The van der Waals surface area contributed by atoms with Gasteiger partial charge in [-0.1, -0.05) is 13.8 Å². The number of hydrogen-bond acceptors (Lipinski definition) is 3. The van der Waals surface area contributed by atoms with Gasteiger partial charge in [-0.05, 0) is 6.92 Å². The van der Waals surface area contributed by atoms with E-state index in [9.17, 15) is 4.79 Å². The summed E-state index contributed by atoms with van der Waals surface area (Å²) in [5, 5.41) is 5.16. The van der Waals surface area contributed by atoms with Crippen molar-refractivity contribution in [3.05, 3.63) is 11.1 Å². The van der Waals surface area contributed by atoms with E-state index < -0.39 is 0 Å². The maximum absolute atomic E-state index is 10.5. The maximum atomic E-state index is 10.5. The number of anilines is 1. The number of aromatic nitrogens is 1. The number of thiazole rings is 1. The normalized spacial score (nSPS) is 8.33. The molecule has 1 N–H and O–H groups in total. The maximum Gasteiger partial charge on any atom is 0.223 e. The molecule has 12 heavy (non-hydrogen) atoms. The summed E-state index contributed by atoms with van der Waals surface area (Å²) in [6.07, 6.45) is 0. The van der Waals surface area contributed by atoms with Crippen LogP contribution in [0.5, 0.6) is 0 Å². The standard InChI is InChI=1S/C6H8N2OS.C2H6/c1-4-3-10-6(7-4)8-5(2)9;1-2/h3H,1-2H3,(H,7,8,9);1-2H3. The van der Waals surface area contributed by atoms with Gasteiger partial charge < -0.3 is 5.32 Å². The minimum atomic E-state index is -0.0747. The van der Waals surface area contributed by atoms with E-state index in [-0.39, 0.29) is 5.91 Å². The Balaban J connectivity index is 0.000000561. The summed E-state index contributed by atoms with van der Waals surface area (Å²) in [4.78, 5) is 14.5. The number of nitrogens with zero attached hydrogens (tertiary/aromatic N) is 1. The third kappa shape index (κ3) is 4.08. The van der Waals surface area contributed by atoms with E-state index in [1.165, 1.54) is 18.3 Å². The van der Waals surface area contributed by atoms with Gasteiger partial charge in [0.25, 0.3) is 0 Å². The Morgan fingerprint density at radius 3 is 2.50 bits per heavy atom. The zero-order valence-electron chi connectivity index (χ0n) is 7.84. The van der Waals surface area contributed by atoms with Crippen LogP contribution >= 0.6 is 11.3 Å². The summed E-state index contributed by atoms with van der Waals surface area (Å²) in [6, 6.07) is 0. The van der Waals surface area contributed by atoms with Gasteiger partial charge in [0.2, 0.25) is 5.91 Å². The second kappa shape index (κ2) is 5.71. The summed E-state index contributed by atoms with van der Waals surface area (Å²) in [5.74, 6) is -0.0747. The summed E-state index contributed by atoms with van der Waals surface area (Å²) in [5.41, 5.74) is 0.939. The van der Waals surface area contributed by atoms with Gasteiger partial charge in [-0.3, -0.25) is 4.79 Å². The zero-order valence-corrected chi connectivity index (χ0v) is 8.66. The fourth-order valence-corrected chi connectivity index (χ4v) is 1.30. The van der Waals surface area contributed by atoms with Crippen LogP contribution in [0.1, 0.15) is 26.5 Å². The fraction of sp³-hybridized carbons (Fsp3) is 0.500. The van der Waals surface area contributed by atoms with E-state index in [1.807, 2.05) is 26.2 Å². The average molecular weight is 186 g/mol. The van der Waals surface area contributed by atoms with E-state index in [4.69, 9.17) is 0 Å². The minimum Gasteiger partial charge on any atom is -0.302 e. The molecule has 3 nitrogen and oxygen atoms in total. The summed E-state index contributed by atoms with van der Waals surface area (Å²) < 4.78 is 0. The first-order chi connectivity index (χ1) is 5.68. The van der Waals surface area contributed by atoms with Crippen molar-refractivity contribution in [1.82, 2.24) is 4.98 Å². The molecule has 0 atom stereocenters. The van der Waals surface area contributed by atoms with Crippen molar-refractivity contribution in [2.24, 2.45) is 0 Å². The van der Waals surface area contributed by atoms with Crippen molar-refractivity contribution in [2.75, 3.05) is 5.32 Å². The molecule has 1 heterocycles. The van der Waals surface area contributed by atoms with E-state index in [0.717, 1.165) is 5.69 Å². The Labute approximate surface area is 76.8 Å². The Bertz CT molecular complexity index is 245. The molecule has 0 radical (unpaired) electrons. The molecule has 0 aromatic carbocycles. The van der Waals surface area contributed by atoms with Gasteiger partial charge in [0, 0.05) is 12.3 Å². The zero-order chi connectivity index (χ0) is 9.56. The number of nitrogens with one attached hydrogen (secondary N) is 1. The van der Waals surface area contributed by atoms with Crippen LogP contribution in [0.4, 0.5) is 5.13 Å². The van der Waals surface area contributed by atoms with Gasteiger partial charge in [-0.2, -0.15) is 0 Å². The topological polar surface area (TPSA) is 42.0 Å². The molecular weight excluding hydrogens is 172 g/mol. The highest BCUT2D eigenvalue weighted by atomic mass is 32.1. The van der Waals surface area contributed by atoms with Crippen LogP contribution in [0, 0.1) is 6.92 Å². The lowest BCUT2D eigenvalue weighted by Gasteiger charge is -1.91. The van der Waals surface area contributed by atoms with Crippen LogP contribution in [-0.2, 0) is 4.79 Å². The minimum absolute atomic E-state index is 0.0747. The third-order valence-electron chi connectivity index (χ3n) is 0.902. The largest absolute Gasteiger partial charge is 0.302 e. The molecule has 4 heteroatoms. The molecule has 0 aliphatic heterocycles. The van der Waals surface area contributed by atoms with Crippen LogP contribution in [0.15, 0.2) is 5.38 Å². The van der Waals surface area contributed by atoms with Crippen LogP contribution < -0.4 is 5.32 Å². The molecule has 0 aliphatic carbocycles. The van der Waals surface area contributed by atoms with Crippen molar-refractivity contribution >= 4 is 22.4 Å². The molecule has 0 spiro atoms. The van der Waals surface area contributed by atoms with Crippen LogP contribution in [0.3, 0.4) is 0 Å². The van der Waals surface area contributed by atoms with Crippen molar-refractivity contribution < 1.29 is 4.79 Å². The van der Waals surface area contributed by atoms with E-state index in [0.29, 0.717) is 5.13 Å². The van der Waals surface area contributed by atoms with E-state index in [1.54, 1.807) is 0 Å². The Morgan fingerprint density at radius 1 is 1.58 bits per heavy atom. The SMILES string of the molecule is CC.CC(=O)Nc1nc(C)cs1. The highest BCUT2D eigenvalue weighted by molar-refractivity contribution is 7.13. The number of carbonyl (C=O) groups excluding carboxylic acids is 1. The Kier molecular flexibility index (Phi) is 5.28.